The van der Waals surface area contributed by atoms with Gasteiger partial charge in [0.15, 0.2) is 5.82 Å². The Morgan fingerprint density at radius 1 is 1.29 bits per heavy atom. The van der Waals surface area contributed by atoms with Crippen LogP contribution in [0.3, 0.4) is 0 Å². The highest BCUT2D eigenvalue weighted by atomic mass is 79.9. The molecule has 0 saturated carbocycles. The third kappa shape index (κ3) is 1.88. The van der Waals surface area contributed by atoms with Crippen molar-refractivity contribution in [1.82, 2.24) is 19.7 Å². The van der Waals surface area contributed by atoms with Crippen LogP contribution in [0.1, 0.15) is 11.4 Å². The van der Waals surface area contributed by atoms with Crippen molar-refractivity contribution in [3.8, 4) is 5.69 Å². The van der Waals surface area contributed by atoms with Gasteiger partial charge in [-0.2, -0.15) is 0 Å². The summed E-state index contributed by atoms with van der Waals surface area (Å²) in [6, 6.07) is 5.89. The van der Waals surface area contributed by atoms with E-state index in [0.717, 1.165) is 34.4 Å². The zero-order chi connectivity index (χ0) is 12.0. The van der Waals surface area contributed by atoms with E-state index in [1.807, 2.05) is 22.8 Å². The summed E-state index contributed by atoms with van der Waals surface area (Å²) in [5, 5.41) is 9.00. The van der Waals surface area contributed by atoms with Gasteiger partial charge >= 0.3 is 0 Å². The summed E-state index contributed by atoms with van der Waals surface area (Å²) in [6.07, 6.45) is 0. The van der Waals surface area contributed by atoms with E-state index in [9.17, 15) is 0 Å². The van der Waals surface area contributed by atoms with E-state index >= 15 is 0 Å². The molecule has 0 saturated heterocycles. The molecule has 0 amide bonds. The first-order chi connectivity index (χ1) is 8.15. The molecule has 0 aliphatic carbocycles. The third-order valence-corrected chi connectivity index (χ3v) is 3.57. The molecule has 2 heterocycles. The molecule has 0 bridgehead atoms. The van der Waals surface area contributed by atoms with Crippen LogP contribution in [0, 0.1) is 0 Å². The molecule has 0 atom stereocenters. The van der Waals surface area contributed by atoms with E-state index in [0.29, 0.717) is 0 Å². The Morgan fingerprint density at radius 3 is 2.94 bits per heavy atom. The Labute approximate surface area is 112 Å². The molecule has 0 fully saturated rings. The normalized spacial score (nSPS) is 15.2. The van der Waals surface area contributed by atoms with Crippen LogP contribution in [0.2, 0.25) is 5.02 Å². The molecule has 4 nitrogen and oxygen atoms in total. The number of fused-ring (bicyclic) bond motifs is 3. The molecule has 2 aromatic rings. The molecule has 0 spiro atoms. The van der Waals surface area contributed by atoms with Crippen LogP contribution in [0.4, 0.5) is 0 Å². The van der Waals surface area contributed by atoms with Gasteiger partial charge in [0.2, 0.25) is 4.73 Å². The first-order valence-electron chi connectivity index (χ1n) is 5.22. The Morgan fingerprint density at radius 2 is 2.12 bits per heavy atom. The lowest BCUT2D eigenvalue weighted by atomic mass is 10.1. The quantitative estimate of drug-likeness (QED) is 0.750. The Balaban J connectivity index is 2.28. The lowest BCUT2D eigenvalue weighted by Gasteiger charge is -2.12. The lowest BCUT2D eigenvalue weighted by Crippen LogP contribution is -2.16. The SMILES string of the molecule is CN1Cc2cc(Cl)ccc2-n2c(Br)nnc2C1. The summed E-state index contributed by atoms with van der Waals surface area (Å²) in [6.45, 7) is 1.62. The number of benzene rings is 1. The van der Waals surface area contributed by atoms with Crippen molar-refractivity contribution < 1.29 is 0 Å². The van der Waals surface area contributed by atoms with Crippen molar-refractivity contribution in [2.75, 3.05) is 7.05 Å². The van der Waals surface area contributed by atoms with Crippen molar-refractivity contribution in [3.05, 3.63) is 39.3 Å². The minimum atomic E-state index is 0.728. The summed E-state index contributed by atoms with van der Waals surface area (Å²) < 4.78 is 2.75. The highest BCUT2D eigenvalue weighted by Gasteiger charge is 2.20. The fourth-order valence-corrected chi connectivity index (χ4v) is 2.79. The molecule has 0 unspecified atom stereocenters. The number of nitrogens with zero attached hydrogens (tertiary/aromatic N) is 4. The molecule has 1 aliphatic heterocycles. The zero-order valence-corrected chi connectivity index (χ0v) is 11.5. The number of hydrogen-bond donors (Lipinski definition) is 0. The summed E-state index contributed by atoms with van der Waals surface area (Å²) in [5.74, 6) is 0.931. The van der Waals surface area contributed by atoms with Crippen LogP contribution in [0.15, 0.2) is 22.9 Å². The van der Waals surface area contributed by atoms with Crippen molar-refractivity contribution in [1.29, 1.82) is 0 Å². The Bertz CT molecular complexity index is 581. The summed E-state index contributed by atoms with van der Waals surface area (Å²) in [5.41, 5.74) is 2.27. The maximum absolute atomic E-state index is 6.05. The fraction of sp³-hybridized carbons (Fsp3) is 0.273. The predicted octanol–water partition coefficient (Wildman–Crippen LogP) is 2.63. The van der Waals surface area contributed by atoms with E-state index in [4.69, 9.17) is 11.6 Å². The second-order valence-electron chi connectivity index (χ2n) is 4.17. The molecule has 0 radical (unpaired) electrons. The molecule has 88 valence electrons. The second-order valence-corrected chi connectivity index (χ2v) is 5.31. The van der Waals surface area contributed by atoms with Crippen LogP contribution in [-0.2, 0) is 13.1 Å². The van der Waals surface area contributed by atoms with Gasteiger partial charge in [0.25, 0.3) is 0 Å². The first kappa shape index (κ1) is 11.2. The summed E-state index contributed by atoms with van der Waals surface area (Å²) in [4.78, 5) is 2.19. The first-order valence-corrected chi connectivity index (χ1v) is 6.39. The second kappa shape index (κ2) is 4.08. The van der Waals surface area contributed by atoms with Crippen LogP contribution in [-0.4, -0.2) is 26.7 Å². The Kier molecular flexibility index (Phi) is 2.69. The van der Waals surface area contributed by atoms with Gasteiger partial charge in [-0.3, -0.25) is 9.47 Å². The van der Waals surface area contributed by atoms with Crippen LogP contribution < -0.4 is 0 Å². The van der Waals surface area contributed by atoms with Gasteiger partial charge in [0.1, 0.15) is 0 Å². The third-order valence-electron chi connectivity index (χ3n) is 2.82. The molecule has 1 aromatic carbocycles. The van der Waals surface area contributed by atoms with Gasteiger partial charge in [0.05, 0.1) is 12.2 Å². The Hall–Kier alpha value is -0.910. The fourth-order valence-electron chi connectivity index (χ4n) is 2.12. The smallest absolute Gasteiger partial charge is 0.204 e. The van der Waals surface area contributed by atoms with Gasteiger partial charge in [-0.1, -0.05) is 11.6 Å². The van der Waals surface area contributed by atoms with Crippen molar-refractivity contribution >= 4 is 27.5 Å². The number of hydrogen-bond acceptors (Lipinski definition) is 3. The molecule has 6 heteroatoms. The van der Waals surface area contributed by atoms with E-state index < -0.39 is 0 Å². The van der Waals surface area contributed by atoms with E-state index in [1.54, 1.807) is 0 Å². The lowest BCUT2D eigenvalue weighted by molar-refractivity contribution is 0.315. The van der Waals surface area contributed by atoms with E-state index in [1.165, 1.54) is 5.56 Å². The molecule has 1 aromatic heterocycles. The van der Waals surface area contributed by atoms with Crippen LogP contribution in [0.5, 0.6) is 0 Å². The van der Waals surface area contributed by atoms with Gasteiger partial charge in [-0.05, 0) is 46.7 Å². The standard InChI is InChI=1S/C11H10BrClN4/c1-16-5-7-4-8(13)2-3-9(7)17-10(6-16)14-15-11(17)12/h2-4H,5-6H2,1H3. The molecule has 1 aliphatic rings. The minimum absolute atomic E-state index is 0.728. The zero-order valence-electron chi connectivity index (χ0n) is 9.19. The van der Waals surface area contributed by atoms with Gasteiger partial charge in [-0.15, -0.1) is 10.2 Å². The number of aromatic nitrogens is 3. The molecule has 3 rings (SSSR count). The molecule has 17 heavy (non-hydrogen) atoms. The molecule has 0 N–H and O–H groups in total. The van der Waals surface area contributed by atoms with E-state index in [-0.39, 0.29) is 0 Å². The highest BCUT2D eigenvalue weighted by molar-refractivity contribution is 9.10. The average molecular weight is 314 g/mol. The van der Waals surface area contributed by atoms with Crippen molar-refractivity contribution in [2.24, 2.45) is 0 Å². The highest BCUT2D eigenvalue weighted by Crippen LogP contribution is 2.28. The van der Waals surface area contributed by atoms with E-state index in [2.05, 4.69) is 38.1 Å². The maximum Gasteiger partial charge on any atom is 0.204 e. The monoisotopic (exact) mass is 312 g/mol. The van der Waals surface area contributed by atoms with Gasteiger partial charge < -0.3 is 0 Å². The van der Waals surface area contributed by atoms with Crippen LogP contribution in [0.25, 0.3) is 5.69 Å². The van der Waals surface area contributed by atoms with Crippen molar-refractivity contribution in [2.45, 2.75) is 13.1 Å². The number of halogens is 2. The van der Waals surface area contributed by atoms with Gasteiger partial charge in [0, 0.05) is 11.6 Å². The van der Waals surface area contributed by atoms with Crippen molar-refractivity contribution in [3.63, 3.8) is 0 Å². The summed E-state index contributed by atoms with van der Waals surface area (Å²) in [7, 11) is 2.06. The average Bonchev–Trinajstić information content (AvgIpc) is 2.55. The van der Waals surface area contributed by atoms with Crippen LogP contribution >= 0.6 is 27.5 Å². The summed E-state index contributed by atoms with van der Waals surface area (Å²) >= 11 is 9.48. The topological polar surface area (TPSA) is 34.0 Å². The van der Waals surface area contributed by atoms with Gasteiger partial charge in [-0.25, -0.2) is 0 Å². The predicted molar refractivity (Wildman–Crippen MR) is 69.2 cm³/mol. The maximum atomic E-state index is 6.05. The number of rotatable bonds is 0. The molecular weight excluding hydrogens is 304 g/mol. The molecular formula is C11H10BrClN4. The minimum Gasteiger partial charge on any atom is -0.295 e. The largest absolute Gasteiger partial charge is 0.295 e.